The second kappa shape index (κ2) is 10.2. The fourth-order valence-corrected chi connectivity index (χ4v) is 4.13. The molecule has 1 atom stereocenters. The zero-order valence-electron chi connectivity index (χ0n) is 16.6. The first-order chi connectivity index (χ1) is 13.6. The van der Waals surface area contributed by atoms with E-state index in [2.05, 4.69) is 45.1 Å². The Bertz CT molecular complexity index is 752. The van der Waals surface area contributed by atoms with Crippen LogP contribution in [0.15, 0.2) is 41.1 Å². The summed E-state index contributed by atoms with van der Waals surface area (Å²) in [5, 5.41) is 7.42. The Balaban J connectivity index is 1.63. The van der Waals surface area contributed by atoms with Crippen molar-refractivity contribution in [3.8, 4) is 5.69 Å². The number of morpholine rings is 1. The summed E-state index contributed by atoms with van der Waals surface area (Å²) in [6.07, 6.45) is 5.85. The molecule has 1 saturated heterocycles. The highest BCUT2D eigenvalue weighted by atomic mass is 79.9. The molecule has 2 aromatic rings. The van der Waals surface area contributed by atoms with Gasteiger partial charge in [-0.1, -0.05) is 26.7 Å². The molecule has 1 fully saturated rings. The molecule has 1 aromatic carbocycles. The number of benzene rings is 1. The van der Waals surface area contributed by atoms with Crippen molar-refractivity contribution in [3.63, 3.8) is 0 Å². The number of hydrogen-bond acceptors (Lipinski definition) is 4. The lowest BCUT2D eigenvalue weighted by molar-refractivity contribution is 0.00191. The van der Waals surface area contributed by atoms with E-state index in [1.54, 1.807) is 10.9 Å². The van der Waals surface area contributed by atoms with Crippen molar-refractivity contribution in [3.05, 3.63) is 46.7 Å². The highest BCUT2D eigenvalue weighted by Crippen LogP contribution is 2.20. The van der Waals surface area contributed by atoms with Gasteiger partial charge in [0.25, 0.3) is 5.91 Å². The van der Waals surface area contributed by atoms with E-state index in [4.69, 9.17) is 4.74 Å². The van der Waals surface area contributed by atoms with Gasteiger partial charge in [0, 0.05) is 37.4 Å². The largest absolute Gasteiger partial charge is 0.379 e. The molecule has 0 saturated carbocycles. The molecule has 152 valence electrons. The number of nitrogens with one attached hydrogen (secondary N) is 1. The number of amides is 1. The van der Waals surface area contributed by atoms with Gasteiger partial charge in [-0.15, -0.1) is 0 Å². The number of halogens is 1. The summed E-state index contributed by atoms with van der Waals surface area (Å²) in [7, 11) is 0. The van der Waals surface area contributed by atoms with Crippen molar-refractivity contribution in [1.82, 2.24) is 20.0 Å². The highest BCUT2D eigenvalue weighted by Gasteiger charge is 2.27. The first-order valence-corrected chi connectivity index (χ1v) is 10.8. The monoisotopic (exact) mass is 448 g/mol. The van der Waals surface area contributed by atoms with E-state index >= 15 is 0 Å². The molecule has 0 aliphatic carbocycles. The van der Waals surface area contributed by atoms with E-state index in [9.17, 15) is 4.79 Å². The summed E-state index contributed by atoms with van der Waals surface area (Å²) in [6, 6.07) is 7.87. The molecule has 6 nitrogen and oxygen atoms in total. The van der Waals surface area contributed by atoms with Crippen LogP contribution in [0.25, 0.3) is 5.69 Å². The van der Waals surface area contributed by atoms with Crippen LogP contribution in [0.4, 0.5) is 0 Å². The highest BCUT2D eigenvalue weighted by molar-refractivity contribution is 9.10. The van der Waals surface area contributed by atoms with E-state index in [-0.39, 0.29) is 5.91 Å². The fourth-order valence-electron chi connectivity index (χ4n) is 3.84. The maximum atomic E-state index is 12.7. The van der Waals surface area contributed by atoms with Gasteiger partial charge < -0.3 is 10.1 Å². The lowest BCUT2D eigenvalue weighted by Gasteiger charge is -2.38. The lowest BCUT2D eigenvalue weighted by atomic mass is 9.92. The molecule has 28 heavy (non-hydrogen) atoms. The summed E-state index contributed by atoms with van der Waals surface area (Å²) >= 11 is 3.40. The summed E-state index contributed by atoms with van der Waals surface area (Å²) in [6.45, 7) is 8.55. The minimum absolute atomic E-state index is 0.0302. The van der Waals surface area contributed by atoms with Gasteiger partial charge in [-0.25, -0.2) is 4.68 Å². The van der Waals surface area contributed by atoms with Crippen molar-refractivity contribution in [1.29, 1.82) is 0 Å². The van der Waals surface area contributed by atoms with Gasteiger partial charge in [0.2, 0.25) is 0 Å². The molecule has 1 aromatic heterocycles. The van der Waals surface area contributed by atoms with Crippen molar-refractivity contribution in [2.45, 2.75) is 32.7 Å². The third-order valence-corrected chi connectivity index (χ3v) is 5.93. The van der Waals surface area contributed by atoms with Crippen LogP contribution < -0.4 is 5.32 Å². The summed E-state index contributed by atoms with van der Waals surface area (Å²) in [4.78, 5) is 15.2. The molecule has 7 heteroatoms. The third kappa shape index (κ3) is 5.21. The van der Waals surface area contributed by atoms with Crippen molar-refractivity contribution in [2.75, 3.05) is 32.8 Å². The molecular formula is C21H29BrN4O2. The Morgan fingerprint density at radius 2 is 1.89 bits per heavy atom. The normalized spacial score (nSPS) is 16.3. The summed E-state index contributed by atoms with van der Waals surface area (Å²) in [5.41, 5.74) is 1.59. The smallest absolute Gasteiger partial charge is 0.251 e. The number of ether oxygens (including phenoxy) is 1. The van der Waals surface area contributed by atoms with Crippen LogP contribution in [0.5, 0.6) is 0 Å². The first kappa shape index (κ1) is 21.0. The number of carbonyl (C=O) groups is 1. The Hall–Kier alpha value is -1.70. The molecule has 3 rings (SSSR count). The molecule has 1 amide bonds. The van der Waals surface area contributed by atoms with Gasteiger partial charge in [0.15, 0.2) is 0 Å². The van der Waals surface area contributed by atoms with Gasteiger partial charge in [-0.2, -0.15) is 5.10 Å². The number of aromatic nitrogens is 2. The quantitative estimate of drug-likeness (QED) is 0.670. The van der Waals surface area contributed by atoms with Crippen molar-refractivity contribution < 1.29 is 9.53 Å². The van der Waals surface area contributed by atoms with Crippen molar-refractivity contribution in [2.24, 2.45) is 5.92 Å². The number of hydrogen-bond donors (Lipinski definition) is 1. The SMILES string of the molecule is CCC(CC)C(CNC(=O)c1ccc(-n2cc(Br)cn2)cc1)N1CCOCC1. The molecule has 0 bridgehead atoms. The van der Waals surface area contributed by atoms with E-state index in [0.29, 0.717) is 24.1 Å². The number of carbonyl (C=O) groups excluding carboxylic acids is 1. The Labute approximate surface area is 175 Å². The average molecular weight is 449 g/mol. The van der Waals surface area contributed by atoms with Crippen LogP contribution in [-0.4, -0.2) is 59.5 Å². The predicted molar refractivity (Wildman–Crippen MR) is 114 cm³/mol. The molecule has 0 spiro atoms. The van der Waals surface area contributed by atoms with Gasteiger partial charge >= 0.3 is 0 Å². The van der Waals surface area contributed by atoms with Crippen LogP contribution in [0, 0.1) is 5.92 Å². The van der Waals surface area contributed by atoms with E-state index in [0.717, 1.165) is 49.3 Å². The van der Waals surface area contributed by atoms with Gasteiger partial charge in [-0.05, 0) is 46.1 Å². The molecule has 1 N–H and O–H groups in total. The van der Waals surface area contributed by atoms with Crippen molar-refractivity contribution >= 4 is 21.8 Å². The average Bonchev–Trinajstić information content (AvgIpc) is 3.18. The molecular weight excluding hydrogens is 420 g/mol. The zero-order chi connectivity index (χ0) is 19.9. The minimum atomic E-state index is -0.0302. The van der Waals surface area contributed by atoms with E-state index in [1.165, 1.54) is 0 Å². The second-order valence-corrected chi connectivity index (χ2v) is 8.07. The van der Waals surface area contributed by atoms with Crippen LogP contribution in [0.1, 0.15) is 37.0 Å². The minimum Gasteiger partial charge on any atom is -0.379 e. The predicted octanol–water partition coefficient (Wildman–Crippen LogP) is 3.50. The summed E-state index contributed by atoms with van der Waals surface area (Å²) in [5.74, 6) is 0.538. The van der Waals surface area contributed by atoms with Crippen LogP contribution in [0.3, 0.4) is 0 Å². The van der Waals surface area contributed by atoms with Crippen LogP contribution in [0.2, 0.25) is 0 Å². The van der Waals surface area contributed by atoms with Crippen LogP contribution in [-0.2, 0) is 4.74 Å². The van der Waals surface area contributed by atoms with Gasteiger partial charge in [-0.3, -0.25) is 9.69 Å². The number of rotatable bonds is 8. The molecule has 1 aliphatic rings. The van der Waals surface area contributed by atoms with Crippen LogP contribution >= 0.6 is 15.9 Å². The fraction of sp³-hybridized carbons (Fsp3) is 0.524. The lowest BCUT2D eigenvalue weighted by Crippen LogP contribution is -2.52. The zero-order valence-corrected chi connectivity index (χ0v) is 18.2. The molecule has 2 heterocycles. The second-order valence-electron chi connectivity index (χ2n) is 7.15. The van der Waals surface area contributed by atoms with Gasteiger partial charge in [0.1, 0.15) is 0 Å². The standard InChI is InChI=1S/C21H29BrN4O2/c1-3-16(4-2)20(25-9-11-28-12-10-25)14-23-21(27)17-5-7-19(8-6-17)26-15-18(22)13-24-26/h5-8,13,15-16,20H,3-4,9-12,14H2,1-2H3,(H,23,27). The Morgan fingerprint density at radius 1 is 1.21 bits per heavy atom. The van der Waals surface area contributed by atoms with Gasteiger partial charge in [0.05, 0.1) is 29.6 Å². The molecule has 1 aliphatic heterocycles. The molecule has 1 unspecified atom stereocenters. The van der Waals surface area contributed by atoms with E-state index < -0.39 is 0 Å². The maximum absolute atomic E-state index is 12.7. The maximum Gasteiger partial charge on any atom is 0.251 e. The number of nitrogens with zero attached hydrogens (tertiary/aromatic N) is 3. The molecule has 0 radical (unpaired) electrons. The third-order valence-electron chi connectivity index (χ3n) is 5.52. The van der Waals surface area contributed by atoms with E-state index in [1.807, 2.05) is 30.5 Å². The Kier molecular flexibility index (Phi) is 7.65. The Morgan fingerprint density at radius 3 is 2.46 bits per heavy atom. The first-order valence-electron chi connectivity index (χ1n) is 10.0. The summed E-state index contributed by atoms with van der Waals surface area (Å²) < 4.78 is 8.19. The topological polar surface area (TPSA) is 59.4 Å².